The van der Waals surface area contributed by atoms with Gasteiger partial charge in [0.05, 0.1) is 19.1 Å². The summed E-state index contributed by atoms with van der Waals surface area (Å²) in [6.07, 6.45) is 4.92. The van der Waals surface area contributed by atoms with E-state index in [-0.39, 0.29) is 17.4 Å². The molecule has 19 heavy (non-hydrogen) atoms. The van der Waals surface area contributed by atoms with Crippen LogP contribution in [-0.2, 0) is 23.6 Å². The van der Waals surface area contributed by atoms with Crippen molar-refractivity contribution in [2.75, 3.05) is 12.3 Å². The summed E-state index contributed by atoms with van der Waals surface area (Å²) in [5.41, 5.74) is 6.57. The van der Waals surface area contributed by atoms with E-state index in [1.807, 2.05) is 13.1 Å². The van der Waals surface area contributed by atoms with Crippen molar-refractivity contribution in [2.45, 2.75) is 18.5 Å². The van der Waals surface area contributed by atoms with Crippen LogP contribution in [0.1, 0.15) is 5.56 Å². The van der Waals surface area contributed by atoms with Crippen LogP contribution in [0.4, 0.5) is 5.82 Å². The molecule has 0 amide bonds. The number of imidazole rings is 1. The smallest absolute Gasteiger partial charge is 0.260 e. The molecule has 9 heteroatoms. The molecular weight excluding hydrogens is 268 g/mol. The second-order valence-electron chi connectivity index (χ2n) is 4.22. The quantitative estimate of drug-likeness (QED) is 0.768. The Balaban J connectivity index is 2.03. The summed E-state index contributed by atoms with van der Waals surface area (Å²) >= 11 is 0. The van der Waals surface area contributed by atoms with Crippen LogP contribution >= 0.6 is 0 Å². The maximum Gasteiger partial charge on any atom is 0.260 e. The van der Waals surface area contributed by atoms with Crippen molar-refractivity contribution in [1.82, 2.24) is 24.1 Å². The summed E-state index contributed by atoms with van der Waals surface area (Å²) in [6.45, 7) is 2.60. The van der Waals surface area contributed by atoms with Crippen molar-refractivity contribution in [3.63, 3.8) is 0 Å². The number of sulfonamides is 1. The summed E-state index contributed by atoms with van der Waals surface area (Å²) in [7, 11) is -2.08. The number of hydrogen-bond acceptors (Lipinski definition) is 5. The number of rotatable bonds is 5. The Morgan fingerprint density at radius 2 is 2.21 bits per heavy atom. The zero-order valence-electron chi connectivity index (χ0n) is 10.7. The molecule has 104 valence electrons. The fourth-order valence-corrected chi connectivity index (χ4v) is 2.97. The van der Waals surface area contributed by atoms with Crippen LogP contribution in [-0.4, -0.2) is 34.3 Å². The first-order chi connectivity index (χ1) is 8.90. The van der Waals surface area contributed by atoms with E-state index < -0.39 is 10.0 Å². The molecule has 0 unspecified atom stereocenters. The number of nitrogens with one attached hydrogen (secondary N) is 1. The number of nitrogens with zero attached hydrogens (tertiary/aromatic N) is 4. The van der Waals surface area contributed by atoms with E-state index in [0.717, 1.165) is 5.56 Å². The molecule has 2 rings (SSSR count). The number of aryl methyl sites for hydroxylation is 2. The minimum absolute atomic E-state index is 0.00932. The van der Waals surface area contributed by atoms with Gasteiger partial charge in [0.15, 0.2) is 10.8 Å². The Morgan fingerprint density at radius 3 is 2.74 bits per heavy atom. The first-order valence-electron chi connectivity index (χ1n) is 5.65. The van der Waals surface area contributed by atoms with E-state index in [1.54, 1.807) is 17.9 Å². The van der Waals surface area contributed by atoms with Gasteiger partial charge in [-0.25, -0.2) is 18.1 Å². The van der Waals surface area contributed by atoms with E-state index >= 15 is 0 Å². The second-order valence-corrected chi connectivity index (χ2v) is 5.91. The molecule has 2 aromatic rings. The molecule has 8 nitrogen and oxygen atoms in total. The van der Waals surface area contributed by atoms with Crippen LogP contribution in [0.25, 0.3) is 0 Å². The Hall–Kier alpha value is -1.87. The van der Waals surface area contributed by atoms with E-state index in [4.69, 9.17) is 5.73 Å². The van der Waals surface area contributed by atoms with Crippen molar-refractivity contribution in [2.24, 2.45) is 7.05 Å². The van der Waals surface area contributed by atoms with Gasteiger partial charge >= 0.3 is 0 Å². The van der Waals surface area contributed by atoms with Crippen LogP contribution in [0, 0.1) is 6.92 Å². The van der Waals surface area contributed by atoms with Gasteiger partial charge in [-0.15, -0.1) is 0 Å². The average Bonchev–Trinajstić information content (AvgIpc) is 2.86. The summed E-state index contributed by atoms with van der Waals surface area (Å²) < 4.78 is 29.6. The first kappa shape index (κ1) is 13.6. The highest BCUT2D eigenvalue weighted by atomic mass is 32.2. The Kier molecular flexibility index (Phi) is 3.58. The van der Waals surface area contributed by atoms with E-state index in [9.17, 15) is 8.42 Å². The topological polar surface area (TPSA) is 108 Å². The molecule has 0 aliphatic heterocycles. The molecule has 0 atom stereocenters. The van der Waals surface area contributed by atoms with Crippen molar-refractivity contribution in [1.29, 1.82) is 0 Å². The maximum atomic E-state index is 12.0. The average molecular weight is 284 g/mol. The molecule has 3 N–H and O–H groups in total. The zero-order chi connectivity index (χ0) is 14.0. The van der Waals surface area contributed by atoms with Crippen LogP contribution < -0.4 is 10.5 Å². The van der Waals surface area contributed by atoms with E-state index in [2.05, 4.69) is 14.8 Å². The van der Waals surface area contributed by atoms with Crippen LogP contribution in [0.3, 0.4) is 0 Å². The monoisotopic (exact) mass is 284 g/mol. The van der Waals surface area contributed by atoms with E-state index in [0.29, 0.717) is 6.54 Å². The molecule has 0 saturated heterocycles. The standard InChI is InChI=1S/C10H16N6O2S/c1-8-5-13-16(6-8)4-3-14-19(17,18)10-9(11)12-7-15(10)2/h5-7,14H,3-4,11H2,1-2H3. The number of nitrogen functional groups attached to an aromatic ring is 1. The molecule has 0 bridgehead atoms. The number of anilines is 1. The van der Waals surface area contributed by atoms with Gasteiger partial charge in [0.25, 0.3) is 10.0 Å². The molecule has 0 aromatic carbocycles. The highest BCUT2D eigenvalue weighted by molar-refractivity contribution is 7.89. The van der Waals surface area contributed by atoms with Gasteiger partial charge in [0, 0.05) is 19.8 Å². The summed E-state index contributed by atoms with van der Waals surface area (Å²) in [6, 6.07) is 0. The molecule has 2 heterocycles. The van der Waals surface area contributed by atoms with Gasteiger partial charge in [-0.1, -0.05) is 0 Å². The normalized spacial score (nSPS) is 11.9. The molecule has 0 saturated carbocycles. The minimum Gasteiger partial charge on any atom is -0.381 e. The van der Waals surface area contributed by atoms with E-state index in [1.165, 1.54) is 10.9 Å². The summed E-state index contributed by atoms with van der Waals surface area (Å²) in [4.78, 5) is 3.76. The van der Waals surface area contributed by atoms with Crippen molar-refractivity contribution in [3.05, 3.63) is 24.3 Å². The van der Waals surface area contributed by atoms with Crippen LogP contribution in [0.15, 0.2) is 23.7 Å². The minimum atomic E-state index is -3.66. The highest BCUT2D eigenvalue weighted by Crippen LogP contribution is 2.14. The van der Waals surface area contributed by atoms with Crippen molar-refractivity contribution >= 4 is 15.8 Å². The lowest BCUT2D eigenvalue weighted by molar-refractivity contribution is 0.554. The molecule has 0 aliphatic carbocycles. The molecule has 0 spiro atoms. The maximum absolute atomic E-state index is 12.0. The number of hydrogen-bond donors (Lipinski definition) is 2. The van der Waals surface area contributed by atoms with Gasteiger partial charge < -0.3 is 10.3 Å². The van der Waals surface area contributed by atoms with Crippen molar-refractivity contribution in [3.8, 4) is 0 Å². The fourth-order valence-electron chi connectivity index (χ4n) is 1.72. The van der Waals surface area contributed by atoms with Crippen LogP contribution in [0.5, 0.6) is 0 Å². The fraction of sp³-hybridized carbons (Fsp3) is 0.400. The van der Waals surface area contributed by atoms with Gasteiger partial charge in [0.2, 0.25) is 0 Å². The lowest BCUT2D eigenvalue weighted by Crippen LogP contribution is -2.29. The Bertz CT molecular complexity index is 653. The SMILES string of the molecule is Cc1cnn(CCNS(=O)(=O)c2c(N)ncn2C)c1. The molecule has 0 radical (unpaired) electrons. The first-order valence-corrected chi connectivity index (χ1v) is 7.14. The van der Waals surface area contributed by atoms with Gasteiger partial charge in [-0.2, -0.15) is 5.10 Å². The number of aromatic nitrogens is 4. The highest BCUT2D eigenvalue weighted by Gasteiger charge is 2.21. The zero-order valence-corrected chi connectivity index (χ0v) is 11.6. The lowest BCUT2D eigenvalue weighted by Gasteiger charge is -2.07. The van der Waals surface area contributed by atoms with Crippen molar-refractivity contribution < 1.29 is 8.42 Å². The third-order valence-corrected chi connectivity index (χ3v) is 4.15. The third-order valence-electron chi connectivity index (χ3n) is 2.56. The lowest BCUT2D eigenvalue weighted by atomic mass is 10.4. The summed E-state index contributed by atoms with van der Waals surface area (Å²) in [5.74, 6) is -0.00932. The predicted molar refractivity (Wildman–Crippen MR) is 69.8 cm³/mol. The van der Waals surface area contributed by atoms with Crippen LogP contribution in [0.2, 0.25) is 0 Å². The molecule has 2 aromatic heterocycles. The van der Waals surface area contributed by atoms with Gasteiger partial charge in [0.1, 0.15) is 0 Å². The van der Waals surface area contributed by atoms with Gasteiger partial charge in [-0.05, 0) is 12.5 Å². The third kappa shape index (κ3) is 2.93. The molecule has 0 fully saturated rings. The number of nitrogens with two attached hydrogens (primary N) is 1. The molecule has 0 aliphatic rings. The second kappa shape index (κ2) is 5.02. The Morgan fingerprint density at radius 1 is 1.47 bits per heavy atom. The van der Waals surface area contributed by atoms with Gasteiger partial charge in [-0.3, -0.25) is 4.68 Å². The summed E-state index contributed by atoms with van der Waals surface area (Å²) in [5, 5.41) is 4.05. The molecular formula is C10H16N6O2S. The largest absolute Gasteiger partial charge is 0.381 e. The Labute approximate surface area is 111 Å². The predicted octanol–water partition coefficient (Wildman–Crippen LogP) is -0.514.